The molecule has 1 aromatic rings. The summed E-state index contributed by atoms with van der Waals surface area (Å²) in [6.45, 7) is 6.42. The van der Waals surface area contributed by atoms with E-state index in [0.717, 1.165) is 63.4 Å². The molecule has 3 rings (SSSR count). The largest absolute Gasteiger partial charge is 0.375 e. The fraction of sp³-hybridized carbons (Fsp3) is 0.789. The van der Waals surface area contributed by atoms with Gasteiger partial charge >= 0.3 is 0 Å². The first-order valence-electron chi connectivity index (χ1n) is 9.55. The molecule has 1 unspecified atom stereocenters. The van der Waals surface area contributed by atoms with Crippen LogP contribution in [-0.4, -0.2) is 73.5 Å². The molecule has 1 atom stereocenters. The van der Waals surface area contributed by atoms with E-state index in [4.69, 9.17) is 14.0 Å². The zero-order chi connectivity index (χ0) is 18.6. The van der Waals surface area contributed by atoms with E-state index in [1.165, 1.54) is 0 Å². The lowest BCUT2D eigenvalue weighted by Gasteiger charge is -2.42. The van der Waals surface area contributed by atoms with Gasteiger partial charge < -0.3 is 18.9 Å². The highest BCUT2D eigenvalue weighted by molar-refractivity contribution is 5.76. The highest BCUT2D eigenvalue weighted by Crippen LogP contribution is 2.42. The molecule has 2 saturated heterocycles. The molecule has 146 valence electrons. The van der Waals surface area contributed by atoms with E-state index >= 15 is 0 Å². The van der Waals surface area contributed by atoms with E-state index in [2.05, 4.69) is 10.1 Å². The quantitative estimate of drug-likeness (QED) is 0.687. The second kappa shape index (κ2) is 8.50. The van der Waals surface area contributed by atoms with Crippen LogP contribution in [-0.2, 0) is 20.8 Å². The van der Waals surface area contributed by atoms with Crippen molar-refractivity contribution in [1.82, 2.24) is 15.0 Å². The fourth-order valence-electron chi connectivity index (χ4n) is 4.07. The van der Waals surface area contributed by atoms with Crippen LogP contribution < -0.4 is 0 Å². The number of hydrogen-bond donors (Lipinski definition) is 0. The lowest BCUT2D eigenvalue weighted by Crippen LogP contribution is -2.47. The molecule has 3 heterocycles. The number of aryl methyl sites for hydroxylation is 1. The lowest BCUT2D eigenvalue weighted by atomic mass is 9.78. The van der Waals surface area contributed by atoms with Gasteiger partial charge in [-0.3, -0.25) is 9.69 Å². The molecule has 2 fully saturated rings. The zero-order valence-electron chi connectivity index (χ0n) is 16.2. The monoisotopic (exact) mass is 365 g/mol. The third-order valence-electron chi connectivity index (χ3n) is 5.70. The average molecular weight is 365 g/mol. The Morgan fingerprint density at radius 1 is 1.42 bits per heavy atom. The van der Waals surface area contributed by atoms with E-state index in [9.17, 15) is 4.79 Å². The normalized spacial score (nSPS) is 22.8. The van der Waals surface area contributed by atoms with Crippen LogP contribution in [0.5, 0.6) is 0 Å². The number of ether oxygens (including phenoxy) is 2. The van der Waals surface area contributed by atoms with Crippen molar-refractivity contribution in [3.63, 3.8) is 0 Å². The molecule has 2 aliphatic heterocycles. The Labute approximate surface area is 155 Å². The molecule has 0 aromatic carbocycles. The molecule has 0 N–H and O–H groups in total. The molecule has 7 heteroatoms. The van der Waals surface area contributed by atoms with Crippen molar-refractivity contribution in [3.8, 4) is 0 Å². The van der Waals surface area contributed by atoms with Crippen molar-refractivity contribution in [1.29, 1.82) is 0 Å². The Morgan fingerprint density at radius 2 is 2.19 bits per heavy atom. The highest BCUT2D eigenvalue weighted by atomic mass is 16.5. The molecule has 1 aromatic heterocycles. The van der Waals surface area contributed by atoms with Gasteiger partial charge in [0.05, 0.1) is 11.3 Å². The first-order valence-corrected chi connectivity index (χ1v) is 9.55. The van der Waals surface area contributed by atoms with Crippen LogP contribution in [0.1, 0.15) is 37.1 Å². The van der Waals surface area contributed by atoms with E-state index in [1.54, 1.807) is 19.0 Å². The number of carbonyl (C=O) groups excluding carboxylic acids is 1. The highest BCUT2D eigenvalue weighted by Gasteiger charge is 2.45. The second-order valence-electron chi connectivity index (χ2n) is 7.73. The number of likely N-dealkylation sites (tertiary alicyclic amines) is 1. The Balaban J connectivity index is 1.43. The van der Waals surface area contributed by atoms with Gasteiger partial charge in [-0.15, -0.1) is 0 Å². The minimum Gasteiger partial charge on any atom is -0.375 e. The van der Waals surface area contributed by atoms with Crippen molar-refractivity contribution in [2.24, 2.45) is 5.92 Å². The summed E-state index contributed by atoms with van der Waals surface area (Å²) in [5.41, 5.74) is 0.992. The maximum absolute atomic E-state index is 11.6. The van der Waals surface area contributed by atoms with E-state index in [-0.39, 0.29) is 18.1 Å². The average Bonchev–Trinajstić information content (AvgIpc) is 3.20. The van der Waals surface area contributed by atoms with Crippen LogP contribution in [0, 0.1) is 12.8 Å². The summed E-state index contributed by atoms with van der Waals surface area (Å²) in [5.74, 6) is 1.40. The Bertz CT molecular complexity index is 593. The number of piperidine rings is 1. The molecule has 26 heavy (non-hydrogen) atoms. The lowest BCUT2D eigenvalue weighted by molar-refractivity contribution is -0.133. The maximum Gasteiger partial charge on any atom is 0.248 e. The zero-order valence-corrected chi connectivity index (χ0v) is 16.2. The summed E-state index contributed by atoms with van der Waals surface area (Å²) in [5, 5.41) is 4.09. The Kier molecular flexibility index (Phi) is 6.32. The summed E-state index contributed by atoms with van der Waals surface area (Å²) in [7, 11) is 3.50. The minimum absolute atomic E-state index is 0.00877. The number of likely N-dealkylation sites (N-methyl/N-ethyl adjacent to an activating group) is 1. The molecular formula is C19H31N3O4. The van der Waals surface area contributed by atoms with Crippen molar-refractivity contribution in [3.05, 3.63) is 17.5 Å². The number of aromatic nitrogens is 1. The van der Waals surface area contributed by atoms with Crippen LogP contribution in [0.25, 0.3) is 0 Å². The third kappa shape index (κ3) is 4.64. The number of rotatable bonds is 7. The number of hydrogen-bond acceptors (Lipinski definition) is 6. The van der Waals surface area contributed by atoms with Crippen molar-refractivity contribution in [2.45, 2.75) is 44.8 Å². The van der Waals surface area contributed by atoms with Gasteiger partial charge in [0.25, 0.3) is 0 Å². The minimum atomic E-state index is -0.00877. The molecule has 1 spiro atoms. The van der Waals surface area contributed by atoms with E-state index < -0.39 is 0 Å². The molecule has 2 aliphatic rings. The van der Waals surface area contributed by atoms with E-state index in [1.807, 2.05) is 13.0 Å². The fourth-order valence-corrected chi connectivity index (χ4v) is 4.07. The second-order valence-corrected chi connectivity index (χ2v) is 7.73. The third-order valence-corrected chi connectivity index (χ3v) is 5.70. The SMILES string of the molecule is Cc1cc(CN2CCC3(CC2)OCCC3CCOCC(=O)N(C)C)no1. The van der Waals surface area contributed by atoms with Gasteiger partial charge in [0.15, 0.2) is 0 Å². The summed E-state index contributed by atoms with van der Waals surface area (Å²) < 4.78 is 17.0. The van der Waals surface area contributed by atoms with Gasteiger partial charge in [-0.2, -0.15) is 0 Å². The summed E-state index contributed by atoms with van der Waals surface area (Å²) >= 11 is 0. The van der Waals surface area contributed by atoms with Crippen molar-refractivity contribution in [2.75, 3.05) is 47.0 Å². The van der Waals surface area contributed by atoms with Gasteiger partial charge in [-0.1, -0.05) is 5.16 Å². The van der Waals surface area contributed by atoms with Gasteiger partial charge in [-0.05, 0) is 38.5 Å². The van der Waals surface area contributed by atoms with Gasteiger partial charge in [0, 0.05) is 53.0 Å². The number of amides is 1. The predicted molar refractivity (Wildman–Crippen MR) is 96.7 cm³/mol. The first kappa shape index (κ1) is 19.3. The topological polar surface area (TPSA) is 68.0 Å². The van der Waals surface area contributed by atoms with Crippen LogP contribution >= 0.6 is 0 Å². The molecule has 0 saturated carbocycles. The van der Waals surface area contributed by atoms with Crippen LogP contribution in [0.2, 0.25) is 0 Å². The molecular weight excluding hydrogens is 334 g/mol. The van der Waals surface area contributed by atoms with Crippen molar-refractivity contribution >= 4 is 5.91 Å². The smallest absolute Gasteiger partial charge is 0.248 e. The molecule has 0 bridgehead atoms. The van der Waals surface area contributed by atoms with Gasteiger partial charge in [0.1, 0.15) is 12.4 Å². The number of nitrogens with zero attached hydrogens (tertiary/aromatic N) is 3. The summed E-state index contributed by atoms with van der Waals surface area (Å²) in [4.78, 5) is 15.6. The number of carbonyl (C=O) groups is 1. The molecule has 0 radical (unpaired) electrons. The first-order chi connectivity index (χ1) is 12.5. The Morgan fingerprint density at radius 3 is 2.85 bits per heavy atom. The van der Waals surface area contributed by atoms with Crippen molar-refractivity contribution < 1.29 is 18.8 Å². The van der Waals surface area contributed by atoms with Crippen LogP contribution in [0.4, 0.5) is 0 Å². The standard InChI is InChI=1S/C19H31N3O4/c1-15-12-17(20-26-15)13-22-8-6-19(7-9-22)16(5-11-25-19)4-10-24-14-18(23)21(2)3/h12,16H,4-11,13-14H2,1-3H3. The molecule has 1 amide bonds. The Hall–Kier alpha value is -1.44. The van der Waals surface area contributed by atoms with Gasteiger partial charge in [0.2, 0.25) is 5.91 Å². The maximum atomic E-state index is 11.6. The molecule has 7 nitrogen and oxygen atoms in total. The van der Waals surface area contributed by atoms with Crippen LogP contribution in [0.15, 0.2) is 10.6 Å². The predicted octanol–water partition coefficient (Wildman–Crippen LogP) is 1.85. The van der Waals surface area contributed by atoms with Gasteiger partial charge in [-0.25, -0.2) is 0 Å². The molecule has 0 aliphatic carbocycles. The summed E-state index contributed by atoms with van der Waals surface area (Å²) in [6, 6.07) is 2.01. The van der Waals surface area contributed by atoms with Crippen LogP contribution in [0.3, 0.4) is 0 Å². The van der Waals surface area contributed by atoms with E-state index in [0.29, 0.717) is 12.5 Å². The summed E-state index contributed by atoms with van der Waals surface area (Å²) in [6.07, 6.45) is 4.15.